The monoisotopic (exact) mass is 375 g/mol. The van der Waals surface area contributed by atoms with Crippen molar-refractivity contribution in [3.63, 3.8) is 0 Å². The van der Waals surface area contributed by atoms with Crippen LogP contribution in [0.2, 0.25) is 0 Å². The average molecular weight is 376 g/mol. The highest BCUT2D eigenvalue weighted by molar-refractivity contribution is 5.75. The third kappa shape index (κ3) is 2.53. The van der Waals surface area contributed by atoms with Gasteiger partial charge in [-0.2, -0.15) is 0 Å². The highest BCUT2D eigenvalue weighted by atomic mass is 16.6. The summed E-state index contributed by atoms with van der Waals surface area (Å²) in [6.07, 6.45) is 6.87. The second-order valence-corrected chi connectivity index (χ2v) is 9.81. The molecule has 5 fully saturated rings. The topological polar surface area (TPSA) is 55.8 Å². The number of esters is 2. The second-order valence-electron chi connectivity index (χ2n) is 9.81. The van der Waals surface area contributed by atoms with E-state index in [4.69, 9.17) is 9.47 Å². The Kier molecular flexibility index (Phi) is 4.30. The van der Waals surface area contributed by atoms with Gasteiger partial charge < -0.3 is 9.47 Å². The van der Waals surface area contributed by atoms with E-state index < -0.39 is 0 Å². The van der Waals surface area contributed by atoms with Crippen LogP contribution in [0.3, 0.4) is 0 Å². The van der Waals surface area contributed by atoms with Gasteiger partial charge in [0.1, 0.15) is 12.2 Å². The van der Waals surface area contributed by atoms with Crippen molar-refractivity contribution in [1.29, 1.82) is 0 Å². The molecule has 0 aromatic rings. The maximum absolute atomic E-state index is 12.5. The van der Waals surface area contributed by atoms with Crippen LogP contribution in [-0.4, -0.2) is 47.7 Å². The predicted molar refractivity (Wildman–Crippen MR) is 99.7 cm³/mol. The lowest BCUT2D eigenvalue weighted by Crippen LogP contribution is -2.54. The fourth-order valence-electron chi connectivity index (χ4n) is 7.48. The van der Waals surface area contributed by atoms with Gasteiger partial charge in [0.25, 0.3) is 0 Å². The molecule has 3 unspecified atom stereocenters. The minimum atomic E-state index is -0.0294. The number of carbonyl (C=O) groups excluding carboxylic acids is 2. The summed E-state index contributed by atoms with van der Waals surface area (Å²) >= 11 is 0. The molecule has 27 heavy (non-hydrogen) atoms. The van der Waals surface area contributed by atoms with Crippen LogP contribution < -0.4 is 0 Å². The molecule has 4 saturated heterocycles. The van der Waals surface area contributed by atoms with Gasteiger partial charge >= 0.3 is 11.9 Å². The molecular weight excluding hydrogens is 342 g/mol. The van der Waals surface area contributed by atoms with E-state index in [1.54, 1.807) is 0 Å². The zero-order chi connectivity index (χ0) is 18.9. The van der Waals surface area contributed by atoms with E-state index in [1.165, 1.54) is 19.3 Å². The van der Waals surface area contributed by atoms with Gasteiger partial charge in [-0.05, 0) is 50.5 Å². The van der Waals surface area contributed by atoms with Crippen molar-refractivity contribution in [2.45, 2.75) is 83.6 Å². The Labute approximate surface area is 162 Å². The van der Waals surface area contributed by atoms with Crippen molar-refractivity contribution >= 4 is 11.9 Å². The third-order valence-corrected chi connectivity index (χ3v) is 8.61. The molecule has 5 nitrogen and oxygen atoms in total. The van der Waals surface area contributed by atoms with Gasteiger partial charge in [-0.15, -0.1) is 0 Å². The summed E-state index contributed by atoms with van der Waals surface area (Å²) in [4.78, 5) is 27.3. The fourth-order valence-corrected chi connectivity index (χ4v) is 7.48. The van der Waals surface area contributed by atoms with Crippen LogP contribution in [0, 0.1) is 35.5 Å². The van der Waals surface area contributed by atoms with Gasteiger partial charge in [0.05, 0.1) is 11.8 Å². The maximum Gasteiger partial charge on any atom is 0.309 e. The van der Waals surface area contributed by atoms with Crippen LogP contribution in [-0.2, 0) is 19.1 Å². The summed E-state index contributed by atoms with van der Waals surface area (Å²) in [5, 5.41) is 0. The first-order valence-electron chi connectivity index (χ1n) is 11.2. The van der Waals surface area contributed by atoms with Gasteiger partial charge in [-0.25, -0.2) is 0 Å². The average Bonchev–Trinajstić information content (AvgIpc) is 3.20. The van der Waals surface area contributed by atoms with Gasteiger partial charge in [0, 0.05) is 23.9 Å². The Morgan fingerprint density at radius 1 is 1.04 bits per heavy atom. The number of cyclic esters (lactones) is 1. The predicted octanol–water partition coefficient (Wildman–Crippen LogP) is 3.01. The maximum atomic E-state index is 12.5. The van der Waals surface area contributed by atoms with Crippen LogP contribution in [0.5, 0.6) is 0 Å². The van der Waals surface area contributed by atoms with E-state index in [9.17, 15) is 9.59 Å². The number of hydrogen-bond donors (Lipinski definition) is 0. The van der Waals surface area contributed by atoms with Crippen molar-refractivity contribution in [2.24, 2.45) is 35.5 Å². The SMILES string of the molecule is CC[C@@H]1C2CCCCN3C2[C@@H](C[C@H]3[C@@H]2C[C@H](C)C(=O)O2)[C@@H]2C(C)C(=O)O[C@@H]21. The van der Waals surface area contributed by atoms with Crippen LogP contribution in [0.4, 0.5) is 0 Å². The largest absolute Gasteiger partial charge is 0.462 e. The molecule has 0 N–H and O–H groups in total. The number of hydrogen-bond acceptors (Lipinski definition) is 5. The molecule has 1 aliphatic carbocycles. The van der Waals surface area contributed by atoms with Crippen LogP contribution in [0.25, 0.3) is 0 Å². The molecule has 10 atom stereocenters. The Morgan fingerprint density at radius 2 is 1.85 bits per heavy atom. The molecule has 0 radical (unpaired) electrons. The van der Waals surface area contributed by atoms with Crippen LogP contribution in [0.15, 0.2) is 0 Å². The summed E-state index contributed by atoms with van der Waals surface area (Å²) in [7, 11) is 0. The first-order chi connectivity index (χ1) is 13.0. The second kappa shape index (κ2) is 6.47. The molecule has 1 saturated carbocycles. The van der Waals surface area contributed by atoms with Crippen molar-refractivity contribution in [3.05, 3.63) is 0 Å². The van der Waals surface area contributed by atoms with E-state index in [1.807, 2.05) is 6.92 Å². The summed E-state index contributed by atoms with van der Waals surface area (Å²) in [5.41, 5.74) is 0. The minimum absolute atomic E-state index is 0.00362. The molecule has 4 heterocycles. The Hall–Kier alpha value is -1.10. The lowest BCUT2D eigenvalue weighted by atomic mass is 9.60. The highest BCUT2D eigenvalue weighted by Gasteiger charge is 2.63. The summed E-state index contributed by atoms with van der Waals surface area (Å²) < 4.78 is 11.8. The third-order valence-electron chi connectivity index (χ3n) is 8.61. The van der Waals surface area contributed by atoms with E-state index in [0.29, 0.717) is 35.8 Å². The van der Waals surface area contributed by atoms with Crippen molar-refractivity contribution in [3.8, 4) is 0 Å². The number of ether oxygens (including phenoxy) is 2. The standard InChI is InChI=1S/C22H33NO4/c1-4-13-14-7-5-6-8-23-16(17-9-11(2)21(24)26-17)10-15(19(14)23)18-12(3)22(25)27-20(13)18/h11-20H,4-10H2,1-3H3/t11-,12?,13+,14?,15-,16-,17-,18-,19?,20+/m0/s1. The summed E-state index contributed by atoms with van der Waals surface area (Å²) in [6.45, 7) is 7.44. The molecule has 5 aliphatic rings. The minimum Gasteiger partial charge on any atom is -0.462 e. The van der Waals surface area contributed by atoms with Gasteiger partial charge in [-0.1, -0.05) is 27.2 Å². The van der Waals surface area contributed by atoms with Crippen molar-refractivity contribution < 1.29 is 19.1 Å². The zero-order valence-corrected chi connectivity index (χ0v) is 16.8. The lowest BCUT2D eigenvalue weighted by Gasteiger charge is -2.48. The van der Waals surface area contributed by atoms with E-state index in [-0.39, 0.29) is 36.0 Å². The Balaban J connectivity index is 1.51. The zero-order valence-electron chi connectivity index (χ0n) is 16.8. The number of rotatable bonds is 2. The first-order valence-corrected chi connectivity index (χ1v) is 11.2. The molecular formula is C22H33NO4. The quantitative estimate of drug-likeness (QED) is 0.695. The molecule has 5 rings (SSSR count). The van der Waals surface area contributed by atoms with Crippen LogP contribution in [0.1, 0.15) is 59.3 Å². The number of fused-ring (bicyclic) bond motifs is 2. The molecule has 150 valence electrons. The molecule has 5 heteroatoms. The van der Waals surface area contributed by atoms with Gasteiger partial charge in [-0.3, -0.25) is 14.5 Å². The first kappa shape index (κ1) is 18.0. The van der Waals surface area contributed by atoms with Gasteiger partial charge in [0.15, 0.2) is 0 Å². The Bertz CT molecular complexity index is 636. The molecule has 4 aliphatic heterocycles. The molecule has 0 aromatic carbocycles. The smallest absolute Gasteiger partial charge is 0.309 e. The highest BCUT2D eigenvalue weighted by Crippen LogP contribution is 2.57. The number of carbonyl (C=O) groups is 2. The molecule has 0 aromatic heterocycles. The Morgan fingerprint density at radius 3 is 2.56 bits per heavy atom. The molecule has 0 bridgehead atoms. The van der Waals surface area contributed by atoms with E-state index in [2.05, 4.69) is 18.7 Å². The normalized spacial score (nSPS) is 52.1. The molecule has 0 amide bonds. The summed E-state index contributed by atoms with van der Waals surface area (Å²) in [5.74, 6) is 1.94. The summed E-state index contributed by atoms with van der Waals surface area (Å²) in [6, 6.07) is 0.865. The lowest BCUT2D eigenvalue weighted by molar-refractivity contribution is -0.148. The van der Waals surface area contributed by atoms with Crippen molar-refractivity contribution in [2.75, 3.05) is 6.54 Å². The van der Waals surface area contributed by atoms with Crippen molar-refractivity contribution in [1.82, 2.24) is 4.90 Å². The van der Waals surface area contributed by atoms with E-state index >= 15 is 0 Å². The van der Waals surface area contributed by atoms with E-state index in [0.717, 1.165) is 25.8 Å². The fraction of sp³-hybridized carbons (Fsp3) is 0.909. The molecule has 0 spiro atoms. The van der Waals surface area contributed by atoms with Gasteiger partial charge in [0.2, 0.25) is 0 Å². The van der Waals surface area contributed by atoms with Crippen LogP contribution >= 0.6 is 0 Å². The number of nitrogens with zero attached hydrogens (tertiary/aromatic N) is 1.